The normalized spacial score (nSPS) is 12.4. The van der Waals surface area contributed by atoms with Crippen LogP contribution in [0, 0.1) is 10.1 Å². The first-order chi connectivity index (χ1) is 13.7. The molecule has 0 aromatic heterocycles. The maximum atomic E-state index is 12.6. The molecule has 0 unspecified atom stereocenters. The lowest BCUT2D eigenvalue weighted by atomic mass is 10.1. The Hall–Kier alpha value is -3.83. The molecule has 1 aliphatic rings. The van der Waals surface area contributed by atoms with Crippen molar-refractivity contribution in [3.8, 4) is 0 Å². The highest BCUT2D eigenvalue weighted by atomic mass is 16.6. The van der Waals surface area contributed by atoms with E-state index in [-0.39, 0.29) is 29.8 Å². The van der Waals surface area contributed by atoms with E-state index in [4.69, 9.17) is 0 Å². The van der Waals surface area contributed by atoms with Crippen molar-refractivity contribution in [1.29, 1.82) is 0 Å². The molecule has 1 aromatic carbocycles. The molecule has 2 rings (SSSR count). The zero-order valence-corrected chi connectivity index (χ0v) is 15.6. The first kappa shape index (κ1) is 21.5. The third kappa shape index (κ3) is 4.72. The summed E-state index contributed by atoms with van der Waals surface area (Å²) >= 11 is 0. The molecule has 12 heteroatoms. The zero-order valence-electron chi connectivity index (χ0n) is 15.6. The van der Waals surface area contributed by atoms with E-state index in [0.29, 0.717) is 4.90 Å². The number of hydrogen-bond acceptors (Lipinski definition) is 9. The number of nitro groups is 1. The highest BCUT2D eigenvalue weighted by molar-refractivity contribution is 6.22. The van der Waals surface area contributed by atoms with Gasteiger partial charge in [0.2, 0.25) is 5.91 Å². The number of fused-ring (bicyclic) bond motifs is 1. The number of benzene rings is 1. The van der Waals surface area contributed by atoms with Crippen LogP contribution in [-0.2, 0) is 23.9 Å². The Morgan fingerprint density at radius 1 is 1.07 bits per heavy atom. The Morgan fingerprint density at radius 2 is 1.69 bits per heavy atom. The molecule has 3 amide bonds. The molecule has 1 aliphatic heterocycles. The largest absolute Gasteiger partial charge is 0.469 e. The number of nitro benzene ring substituents is 1. The van der Waals surface area contributed by atoms with Gasteiger partial charge < -0.3 is 14.4 Å². The SMILES string of the molecule is COC(=O)CCN(CC(=O)OC)C(=O)CN1C(=O)c2ccc([N+](=O)[O-])cc2C1=O. The van der Waals surface area contributed by atoms with Crippen LogP contribution in [0.15, 0.2) is 18.2 Å². The smallest absolute Gasteiger partial charge is 0.325 e. The van der Waals surface area contributed by atoms with Gasteiger partial charge in [-0.1, -0.05) is 0 Å². The number of methoxy groups -OCH3 is 2. The number of carbonyl (C=O) groups is 5. The number of imide groups is 1. The van der Waals surface area contributed by atoms with Gasteiger partial charge in [-0.15, -0.1) is 0 Å². The molecule has 0 N–H and O–H groups in total. The minimum atomic E-state index is -0.868. The van der Waals surface area contributed by atoms with Gasteiger partial charge >= 0.3 is 11.9 Å². The van der Waals surface area contributed by atoms with Crippen LogP contribution in [0.5, 0.6) is 0 Å². The summed E-state index contributed by atoms with van der Waals surface area (Å²) in [4.78, 5) is 72.1. The molecule has 12 nitrogen and oxygen atoms in total. The van der Waals surface area contributed by atoms with Crippen LogP contribution >= 0.6 is 0 Å². The Bertz CT molecular complexity index is 896. The Labute approximate surface area is 164 Å². The summed E-state index contributed by atoms with van der Waals surface area (Å²) in [7, 11) is 2.27. The molecule has 1 heterocycles. The van der Waals surface area contributed by atoms with Gasteiger partial charge in [-0.25, -0.2) is 0 Å². The van der Waals surface area contributed by atoms with Crippen LogP contribution in [0.2, 0.25) is 0 Å². The van der Waals surface area contributed by atoms with Crippen molar-refractivity contribution in [3.63, 3.8) is 0 Å². The average Bonchev–Trinajstić information content (AvgIpc) is 2.94. The molecular formula is C17H17N3O9. The first-order valence-corrected chi connectivity index (χ1v) is 8.25. The predicted molar refractivity (Wildman–Crippen MR) is 93.7 cm³/mol. The maximum Gasteiger partial charge on any atom is 0.325 e. The van der Waals surface area contributed by atoms with E-state index >= 15 is 0 Å². The fourth-order valence-corrected chi connectivity index (χ4v) is 2.61. The summed E-state index contributed by atoms with van der Waals surface area (Å²) in [5.74, 6) is -3.84. The van der Waals surface area contributed by atoms with Crippen LogP contribution in [0.1, 0.15) is 27.1 Å². The van der Waals surface area contributed by atoms with Gasteiger partial charge in [0.05, 0.1) is 36.7 Å². The minimum Gasteiger partial charge on any atom is -0.469 e. The molecule has 0 bridgehead atoms. The molecule has 0 radical (unpaired) electrons. The van der Waals surface area contributed by atoms with Crippen molar-refractivity contribution < 1.29 is 38.4 Å². The number of hydrogen-bond donors (Lipinski definition) is 0. The number of ether oxygens (including phenoxy) is 2. The lowest BCUT2D eigenvalue weighted by Gasteiger charge is -2.23. The lowest BCUT2D eigenvalue weighted by Crippen LogP contribution is -2.45. The van der Waals surface area contributed by atoms with E-state index in [1.807, 2.05) is 0 Å². The Morgan fingerprint density at radius 3 is 2.28 bits per heavy atom. The quantitative estimate of drug-likeness (QED) is 0.246. The fourth-order valence-electron chi connectivity index (χ4n) is 2.61. The van der Waals surface area contributed by atoms with E-state index in [1.54, 1.807) is 0 Å². The molecule has 0 saturated carbocycles. The van der Waals surface area contributed by atoms with E-state index in [9.17, 15) is 34.1 Å². The van der Waals surface area contributed by atoms with E-state index in [1.165, 1.54) is 0 Å². The topological polar surface area (TPSA) is 153 Å². The Balaban J connectivity index is 2.18. The third-order valence-corrected chi connectivity index (χ3v) is 4.17. The van der Waals surface area contributed by atoms with Gasteiger partial charge in [-0.05, 0) is 6.07 Å². The predicted octanol–water partition coefficient (Wildman–Crippen LogP) is -0.244. The van der Waals surface area contributed by atoms with Crippen LogP contribution in [0.25, 0.3) is 0 Å². The first-order valence-electron chi connectivity index (χ1n) is 8.25. The van der Waals surface area contributed by atoms with Crippen LogP contribution < -0.4 is 0 Å². The maximum absolute atomic E-state index is 12.6. The summed E-state index contributed by atoms with van der Waals surface area (Å²) in [6.45, 7) is -1.41. The van der Waals surface area contributed by atoms with Gasteiger partial charge in [0, 0.05) is 18.7 Å². The molecule has 0 atom stereocenters. The number of rotatable bonds is 8. The van der Waals surface area contributed by atoms with E-state index < -0.39 is 47.7 Å². The number of nitrogens with zero attached hydrogens (tertiary/aromatic N) is 3. The number of esters is 2. The van der Waals surface area contributed by atoms with Gasteiger partial charge in [0.1, 0.15) is 13.1 Å². The number of carbonyl (C=O) groups excluding carboxylic acids is 5. The van der Waals surface area contributed by atoms with Crippen LogP contribution in [0.4, 0.5) is 5.69 Å². The van der Waals surface area contributed by atoms with Crippen molar-refractivity contribution in [2.75, 3.05) is 33.9 Å². The second kappa shape index (κ2) is 8.91. The van der Waals surface area contributed by atoms with Gasteiger partial charge in [0.15, 0.2) is 0 Å². The average molecular weight is 407 g/mol. The van der Waals surface area contributed by atoms with Crippen LogP contribution in [-0.4, -0.2) is 78.2 Å². The highest BCUT2D eigenvalue weighted by Gasteiger charge is 2.38. The second-order valence-corrected chi connectivity index (χ2v) is 5.90. The monoisotopic (exact) mass is 407 g/mol. The molecule has 29 heavy (non-hydrogen) atoms. The van der Waals surface area contributed by atoms with Crippen molar-refractivity contribution in [3.05, 3.63) is 39.4 Å². The summed E-state index contributed by atoms with van der Waals surface area (Å²) in [5.41, 5.74) is -0.628. The Kier molecular flexibility index (Phi) is 6.59. The molecule has 154 valence electrons. The summed E-state index contributed by atoms with van der Waals surface area (Å²) in [6.07, 6.45) is -0.215. The molecule has 0 spiro atoms. The van der Waals surface area contributed by atoms with Gasteiger partial charge in [-0.3, -0.25) is 39.0 Å². The van der Waals surface area contributed by atoms with Crippen LogP contribution in [0.3, 0.4) is 0 Å². The van der Waals surface area contributed by atoms with E-state index in [0.717, 1.165) is 37.3 Å². The van der Waals surface area contributed by atoms with Crippen molar-refractivity contribution in [2.24, 2.45) is 0 Å². The standard InChI is InChI=1S/C17H17N3O9/c1-28-14(22)5-6-18(9-15(23)29-2)13(21)8-19-16(24)11-4-3-10(20(26)27)7-12(11)17(19)25/h3-4,7H,5-6,8-9H2,1-2H3. The second-order valence-electron chi connectivity index (χ2n) is 5.90. The number of non-ortho nitro benzene ring substituents is 1. The zero-order chi connectivity index (χ0) is 21.7. The molecule has 0 aliphatic carbocycles. The minimum absolute atomic E-state index is 0.0671. The van der Waals surface area contributed by atoms with Crippen molar-refractivity contribution >= 4 is 35.3 Å². The third-order valence-electron chi connectivity index (χ3n) is 4.17. The lowest BCUT2D eigenvalue weighted by molar-refractivity contribution is -0.384. The van der Waals surface area contributed by atoms with Crippen molar-refractivity contribution in [1.82, 2.24) is 9.80 Å². The van der Waals surface area contributed by atoms with E-state index in [2.05, 4.69) is 9.47 Å². The van der Waals surface area contributed by atoms with Gasteiger partial charge in [0.25, 0.3) is 17.5 Å². The van der Waals surface area contributed by atoms with Gasteiger partial charge in [-0.2, -0.15) is 0 Å². The summed E-state index contributed by atoms with van der Waals surface area (Å²) < 4.78 is 8.99. The molecule has 0 saturated heterocycles. The molecule has 1 aromatic rings. The molecule has 0 fully saturated rings. The van der Waals surface area contributed by atoms with Crippen molar-refractivity contribution in [2.45, 2.75) is 6.42 Å². The molecular weight excluding hydrogens is 390 g/mol. The highest BCUT2D eigenvalue weighted by Crippen LogP contribution is 2.26. The fraction of sp³-hybridized carbons (Fsp3) is 0.353. The summed E-state index contributed by atoms with van der Waals surface area (Å²) in [6, 6.07) is 3.18. The summed E-state index contributed by atoms with van der Waals surface area (Å²) in [5, 5.41) is 10.9. The number of amides is 3.